The molecule has 0 N–H and O–H groups in total. The SMILES string of the molecule is C[C@H]1c2c(S(C)(=O)=O)ncc([C@H]3CCCc4cc(F)cc(C#N)c43)c2[C@@H](F)[C@H]1F. The molecule has 2 aliphatic rings. The number of hydrogen-bond acceptors (Lipinski definition) is 4. The zero-order chi connectivity index (χ0) is 21.1. The van der Waals surface area contributed by atoms with E-state index in [2.05, 4.69) is 4.98 Å². The van der Waals surface area contributed by atoms with Crippen LogP contribution < -0.4 is 0 Å². The standard InChI is InChI=1S/C21H19F3N2O2S/c1-10-16-18(20(24)19(10)23)15(9-26-21(16)29(2,27)28)14-5-3-4-11-6-13(22)7-12(8-25)17(11)14/h6-7,9-10,14,19-20H,3-5H2,1-2H3/t10-,14+,19-,20+/m0/s1. The molecule has 2 aliphatic carbocycles. The molecule has 1 aromatic heterocycles. The fraction of sp³-hybridized carbons (Fsp3) is 0.429. The lowest BCUT2D eigenvalue weighted by atomic mass is 9.75. The van der Waals surface area contributed by atoms with Crippen LogP contribution in [-0.4, -0.2) is 25.8 Å². The fourth-order valence-corrected chi connectivity index (χ4v) is 5.71. The van der Waals surface area contributed by atoms with Crippen molar-refractivity contribution >= 4 is 9.84 Å². The Balaban J connectivity index is 2.00. The molecule has 1 aromatic carbocycles. The predicted molar refractivity (Wildman–Crippen MR) is 100 cm³/mol. The second-order valence-electron chi connectivity index (χ2n) is 7.84. The maximum Gasteiger partial charge on any atom is 0.193 e. The van der Waals surface area contributed by atoms with Crippen molar-refractivity contribution in [1.82, 2.24) is 4.98 Å². The van der Waals surface area contributed by atoms with Crippen molar-refractivity contribution in [2.24, 2.45) is 0 Å². The van der Waals surface area contributed by atoms with Gasteiger partial charge in [0.2, 0.25) is 0 Å². The van der Waals surface area contributed by atoms with E-state index in [1.54, 1.807) is 0 Å². The van der Waals surface area contributed by atoms with Crippen LogP contribution in [0.1, 0.15) is 71.2 Å². The Morgan fingerprint density at radius 3 is 2.59 bits per heavy atom. The van der Waals surface area contributed by atoms with Crippen molar-refractivity contribution in [2.75, 3.05) is 6.26 Å². The largest absolute Gasteiger partial charge is 0.244 e. The lowest BCUT2D eigenvalue weighted by Crippen LogP contribution is -2.17. The van der Waals surface area contributed by atoms with Crippen molar-refractivity contribution in [1.29, 1.82) is 5.26 Å². The number of halogens is 3. The molecule has 2 aromatic rings. The number of sulfone groups is 1. The number of rotatable bonds is 2. The highest BCUT2D eigenvalue weighted by Crippen LogP contribution is 2.51. The van der Waals surface area contributed by atoms with E-state index in [0.717, 1.165) is 12.3 Å². The highest BCUT2D eigenvalue weighted by atomic mass is 32.2. The third-order valence-corrected chi connectivity index (χ3v) is 7.03. The van der Waals surface area contributed by atoms with Crippen molar-refractivity contribution < 1.29 is 21.6 Å². The van der Waals surface area contributed by atoms with Crippen molar-refractivity contribution in [3.8, 4) is 6.07 Å². The number of pyridine rings is 1. The van der Waals surface area contributed by atoms with Crippen molar-refractivity contribution in [3.63, 3.8) is 0 Å². The van der Waals surface area contributed by atoms with Crippen LogP contribution in [0.3, 0.4) is 0 Å². The van der Waals surface area contributed by atoms with Gasteiger partial charge >= 0.3 is 0 Å². The molecule has 1 heterocycles. The first kappa shape index (κ1) is 19.9. The van der Waals surface area contributed by atoms with Crippen LogP contribution in [0, 0.1) is 17.1 Å². The monoisotopic (exact) mass is 420 g/mol. The molecule has 0 bridgehead atoms. The molecule has 0 aliphatic heterocycles. The van der Waals surface area contributed by atoms with Gasteiger partial charge in [0, 0.05) is 35.4 Å². The molecule has 0 amide bonds. The van der Waals surface area contributed by atoms with E-state index in [-0.39, 0.29) is 21.7 Å². The summed E-state index contributed by atoms with van der Waals surface area (Å²) in [5, 5.41) is 9.21. The van der Waals surface area contributed by atoms with Crippen molar-refractivity contribution in [3.05, 3.63) is 57.5 Å². The summed E-state index contributed by atoms with van der Waals surface area (Å²) in [6, 6.07) is 4.52. The molecule has 4 rings (SSSR count). The van der Waals surface area contributed by atoms with Gasteiger partial charge in [-0.15, -0.1) is 0 Å². The predicted octanol–water partition coefficient (Wildman–Crippen LogP) is 4.43. The van der Waals surface area contributed by atoms with Gasteiger partial charge in [0.05, 0.1) is 11.6 Å². The Kier molecular flexibility index (Phi) is 4.69. The second-order valence-corrected chi connectivity index (χ2v) is 9.77. The molecule has 4 atom stereocenters. The minimum absolute atomic E-state index is 0.0199. The Morgan fingerprint density at radius 1 is 1.21 bits per heavy atom. The minimum atomic E-state index is -3.78. The van der Waals surface area contributed by atoms with Gasteiger partial charge in [0.1, 0.15) is 12.0 Å². The smallest absolute Gasteiger partial charge is 0.193 e. The van der Waals surface area contributed by atoms with Crippen LogP contribution >= 0.6 is 0 Å². The van der Waals surface area contributed by atoms with E-state index in [1.807, 2.05) is 6.07 Å². The highest BCUT2D eigenvalue weighted by molar-refractivity contribution is 7.90. The summed E-state index contributed by atoms with van der Waals surface area (Å²) < 4.78 is 67.9. The summed E-state index contributed by atoms with van der Waals surface area (Å²) in [5.74, 6) is -1.94. The third-order valence-electron chi connectivity index (χ3n) is 6.01. The van der Waals surface area contributed by atoms with Gasteiger partial charge in [-0.1, -0.05) is 6.92 Å². The molecule has 0 spiro atoms. The molecular weight excluding hydrogens is 401 g/mol. The lowest BCUT2D eigenvalue weighted by molar-refractivity contribution is 0.167. The van der Waals surface area contributed by atoms with Gasteiger partial charge in [0.15, 0.2) is 21.0 Å². The number of benzene rings is 1. The number of alkyl halides is 2. The van der Waals surface area contributed by atoms with Gasteiger partial charge in [-0.25, -0.2) is 26.6 Å². The molecule has 152 valence electrons. The van der Waals surface area contributed by atoms with Crippen LogP contribution in [0.2, 0.25) is 0 Å². The molecule has 0 radical (unpaired) electrons. The number of aryl methyl sites for hydroxylation is 1. The van der Waals surface area contributed by atoms with E-state index in [9.17, 15) is 22.5 Å². The average Bonchev–Trinajstić information content (AvgIpc) is 2.90. The summed E-state index contributed by atoms with van der Waals surface area (Å²) in [5.41, 5.74) is 1.90. The third kappa shape index (κ3) is 3.03. The molecule has 0 unspecified atom stereocenters. The Hall–Kier alpha value is -2.40. The van der Waals surface area contributed by atoms with E-state index in [0.29, 0.717) is 36.0 Å². The summed E-state index contributed by atoms with van der Waals surface area (Å²) in [7, 11) is -3.78. The summed E-state index contributed by atoms with van der Waals surface area (Å²) in [4.78, 5) is 4.08. The van der Waals surface area contributed by atoms with Crippen LogP contribution in [0.5, 0.6) is 0 Å². The molecular formula is C21H19F3N2O2S. The number of nitriles is 1. The minimum Gasteiger partial charge on any atom is -0.244 e. The quantitative estimate of drug-likeness (QED) is 0.721. The number of hydrogen-bond donors (Lipinski definition) is 0. The zero-order valence-electron chi connectivity index (χ0n) is 15.9. The van der Waals surface area contributed by atoms with Crippen LogP contribution in [-0.2, 0) is 16.3 Å². The van der Waals surface area contributed by atoms with E-state index in [1.165, 1.54) is 19.2 Å². The van der Waals surface area contributed by atoms with E-state index < -0.39 is 39.8 Å². The molecule has 29 heavy (non-hydrogen) atoms. The number of nitrogens with zero attached hydrogens (tertiary/aromatic N) is 2. The Labute approximate surface area is 167 Å². The summed E-state index contributed by atoms with van der Waals surface area (Å²) >= 11 is 0. The topological polar surface area (TPSA) is 70.8 Å². The van der Waals surface area contributed by atoms with Crippen LogP contribution in [0.15, 0.2) is 23.4 Å². The van der Waals surface area contributed by atoms with E-state index in [4.69, 9.17) is 0 Å². The second kappa shape index (κ2) is 6.84. The Bertz CT molecular complexity index is 1160. The molecule has 0 saturated heterocycles. The van der Waals surface area contributed by atoms with Gasteiger partial charge < -0.3 is 0 Å². The summed E-state index contributed by atoms with van der Waals surface area (Å²) in [6.07, 6.45) is 0.216. The Morgan fingerprint density at radius 2 is 1.93 bits per heavy atom. The fourth-order valence-electron chi connectivity index (χ4n) is 4.77. The molecule has 0 saturated carbocycles. The van der Waals surface area contributed by atoms with Gasteiger partial charge in [-0.2, -0.15) is 5.26 Å². The average molecular weight is 420 g/mol. The van der Waals surface area contributed by atoms with Crippen LogP contribution in [0.25, 0.3) is 0 Å². The maximum atomic E-state index is 15.0. The van der Waals surface area contributed by atoms with Crippen LogP contribution in [0.4, 0.5) is 13.2 Å². The number of fused-ring (bicyclic) bond motifs is 2. The first-order chi connectivity index (χ1) is 13.6. The van der Waals surface area contributed by atoms with Gasteiger partial charge in [-0.05, 0) is 48.1 Å². The summed E-state index contributed by atoms with van der Waals surface area (Å²) in [6.45, 7) is 1.45. The van der Waals surface area contributed by atoms with Crippen molar-refractivity contribution in [2.45, 2.75) is 55.4 Å². The number of aromatic nitrogens is 1. The zero-order valence-corrected chi connectivity index (χ0v) is 16.7. The first-order valence-electron chi connectivity index (χ1n) is 9.38. The van der Waals surface area contributed by atoms with Gasteiger partial charge in [-0.3, -0.25) is 0 Å². The molecule has 4 nitrogen and oxygen atoms in total. The molecule has 0 fully saturated rings. The van der Waals surface area contributed by atoms with Gasteiger partial charge in [0.25, 0.3) is 0 Å². The lowest BCUT2D eigenvalue weighted by Gasteiger charge is -2.29. The maximum absolute atomic E-state index is 15.0. The molecule has 8 heteroatoms. The first-order valence-corrected chi connectivity index (χ1v) is 11.3. The highest BCUT2D eigenvalue weighted by Gasteiger charge is 2.45. The normalized spacial score (nSPS) is 25.9. The van der Waals surface area contributed by atoms with E-state index >= 15 is 4.39 Å².